The maximum Gasteiger partial charge on any atom is 0.261 e. The summed E-state index contributed by atoms with van der Waals surface area (Å²) in [6.07, 6.45) is 0. The Kier molecular flexibility index (Phi) is 7.67. The molecule has 2 heterocycles. The number of hydrogen-bond acceptors (Lipinski definition) is 7. The van der Waals surface area contributed by atoms with Gasteiger partial charge in [0.05, 0.1) is 30.6 Å². The first-order valence-electron chi connectivity index (χ1n) is 10.9. The second kappa shape index (κ2) is 10.7. The molecule has 0 unspecified atom stereocenters. The molecule has 0 N–H and O–H groups in total. The summed E-state index contributed by atoms with van der Waals surface area (Å²) in [5.41, 5.74) is 2.67. The molecule has 2 aromatic carbocycles. The zero-order valence-corrected chi connectivity index (χ0v) is 20.4. The third-order valence-corrected chi connectivity index (χ3v) is 7.72. The van der Waals surface area contributed by atoms with Gasteiger partial charge in [0.25, 0.3) is 5.91 Å². The molecule has 8 heteroatoms. The third kappa shape index (κ3) is 4.93. The van der Waals surface area contributed by atoms with Crippen molar-refractivity contribution in [2.45, 2.75) is 18.7 Å². The van der Waals surface area contributed by atoms with Crippen LogP contribution in [0.3, 0.4) is 0 Å². The molecule has 6 nitrogen and oxygen atoms in total. The van der Waals surface area contributed by atoms with Crippen LogP contribution in [0.4, 0.5) is 5.13 Å². The van der Waals surface area contributed by atoms with E-state index in [0.717, 1.165) is 70.6 Å². The van der Waals surface area contributed by atoms with Crippen molar-refractivity contribution in [1.82, 2.24) is 9.88 Å². The van der Waals surface area contributed by atoms with Crippen molar-refractivity contribution in [2.75, 3.05) is 57.2 Å². The fraction of sp³-hybridized carbons (Fsp3) is 0.417. The van der Waals surface area contributed by atoms with Gasteiger partial charge in [-0.05, 0) is 36.4 Å². The minimum atomic E-state index is -0.00881. The smallest absolute Gasteiger partial charge is 0.261 e. The average Bonchev–Trinajstić information content (AvgIpc) is 3.27. The molecule has 0 saturated carbocycles. The van der Waals surface area contributed by atoms with Crippen LogP contribution in [0, 0.1) is 6.92 Å². The zero-order chi connectivity index (χ0) is 22.5. The maximum absolute atomic E-state index is 13.8. The second-order valence-electron chi connectivity index (χ2n) is 7.60. The maximum atomic E-state index is 13.8. The monoisotopic (exact) mass is 471 g/mol. The molecule has 0 bridgehead atoms. The number of carbonyl (C=O) groups excluding carboxylic acids is 1. The molecule has 0 aliphatic carbocycles. The molecule has 0 atom stereocenters. The molecular formula is C24H29N3O3S2. The van der Waals surface area contributed by atoms with Gasteiger partial charge in [-0.1, -0.05) is 36.5 Å². The van der Waals surface area contributed by atoms with Crippen LogP contribution in [0.2, 0.25) is 0 Å². The quantitative estimate of drug-likeness (QED) is 0.444. The zero-order valence-electron chi connectivity index (χ0n) is 18.8. The van der Waals surface area contributed by atoms with Crippen LogP contribution >= 0.6 is 23.1 Å². The number of methoxy groups -OCH3 is 1. The van der Waals surface area contributed by atoms with E-state index in [1.807, 2.05) is 41.3 Å². The van der Waals surface area contributed by atoms with Gasteiger partial charge in [-0.3, -0.25) is 14.6 Å². The van der Waals surface area contributed by atoms with E-state index in [4.69, 9.17) is 14.5 Å². The molecule has 3 aromatic rings. The van der Waals surface area contributed by atoms with Crippen molar-refractivity contribution in [3.05, 3.63) is 47.5 Å². The minimum Gasteiger partial charge on any atom is -0.494 e. The van der Waals surface area contributed by atoms with E-state index in [0.29, 0.717) is 11.7 Å². The highest BCUT2D eigenvalue weighted by Crippen LogP contribution is 2.37. The van der Waals surface area contributed by atoms with Crippen LogP contribution in [0.15, 0.2) is 41.3 Å². The lowest BCUT2D eigenvalue weighted by molar-refractivity contribution is 0.0391. The summed E-state index contributed by atoms with van der Waals surface area (Å²) in [6.45, 7) is 8.77. The molecule has 1 aliphatic heterocycles. The Bertz CT molecular complexity index is 1080. The lowest BCUT2D eigenvalue weighted by atomic mass is 10.2. The summed E-state index contributed by atoms with van der Waals surface area (Å²) in [7, 11) is 1.66. The Hall–Kier alpha value is -2.13. The fourth-order valence-corrected chi connectivity index (χ4v) is 5.67. The van der Waals surface area contributed by atoms with Crippen LogP contribution < -0.4 is 9.64 Å². The topological polar surface area (TPSA) is 54.9 Å². The summed E-state index contributed by atoms with van der Waals surface area (Å²) in [4.78, 5) is 23.9. The summed E-state index contributed by atoms with van der Waals surface area (Å²) >= 11 is 3.25. The number of thioether (sulfide) groups is 1. The first-order chi connectivity index (χ1) is 15.6. The predicted octanol–water partition coefficient (Wildman–Crippen LogP) is 4.70. The number of carbonyl (C=O) groups is 1. The van der Waals surface area contributed by atoms with Gasteiger partial charge in [0.1, 0.15) is 11.3 Å². The van der Waals surface area contributed by atoms with E-state index in [9.17, 15) is 4.79 Å². The van der Waals surface area contributed by atoms with Crippen molar-refractivity contribution >= 4 is 44.4 Å². The van der Waals surface area contributed by atoms with Crippen LogP contribution in [0.1, 0.15) is 22.8 Å². The Morgan fingerprint density at radius 1 is 1.25 bits per heavy atom. The Morgan fingerprint density at radius 2 is 2.03 bits per heavy atom. The van der Waals surface area contributed by atoms with E-state index in [1.165, 1.54) is 0 Å². The van der Waals surface area contributed by atoms with Crippen molar-refractivity contribution in [3.63, 3.8) is 0 Å². The Morgan fingerprint density at radius 3 is 2.78 bits per heavy atom. The van der Waals surface area contributed by atoms with E-state index in [2.05, 4.69) is 18.7 Å². The summed E-state index contributed by atoms with van der Waals surface area (Å²) in [5.74, 6) is 1.64. The van der Waals surface area contributed by atoms with Gasteiger partial charge in [0.2, 0.25) is 0 Å². The highest BCUT2D eigenvalue weighted by Gasteiger charge is 2.25. The fourth-order valence-electron chi connectivity index (χ4n) is 3.80. The molecule has 1 saturated heterocycles. The molecule has 1 fully saturated rings. The van der Waals surface area contributed by atoms with Gasteiger partial charge in [-0.15, -0.1) is 11.8 Å². The van der Waals surface area contributed by atoms with Crippen LogP contribution in [-0.2, 0) is 4.74 Å². The number of benzene rings is 2. The molecule has 0 spiro atoms. The van der Waals surface area contributed by atoms with Gasteiger partial charge in [-0.25, -0.2) is 4.98 Å². The number of amides is 1. The van der Waals surface area contributed by atoms with Crippen LogP contribution in [-0.4, -0.2) is 68.0 Å². The highest BCUT2D eigenvalue weighted by molar-refractivity contribution is 7.99. The van der Waals surface area contributed by atoms with Gasteiger partial charge in [0, 0.05) is 31.1 Å². The van der Waals surface area contributed by atoms with Gasteiger partial charge >= 0.3 is 0 Å². The molecule has 1 aliphatic rings. The van der Waals surface area contributed by atoms with E-state index in [1.54, 1.807) is 30.2 Å². The van der Waals surface area contributed by atoms with Crippen molar-refractivity contribution in [1.29, 1.82) is 0 Å². The molecular weight excluding hydrogens is 442 g/mol. The lowest BCUT2D eigenvalue weighted by Crippen LogP contribution is -2.43. The minimum absolute atomic E-state index is 0.00881. The van der Waals surface area contributed by atoms with Crippen LogP contribution in [0.5, 0.6) is 5.75 Å². The lowest BCUT2D eigenvalue weighted by Gasteiger charge is -2.29. The SMILES string of the molecule is CCSc1ccccc1C(=O)N(CCN1CCOCC1)c1nc2c(OC)ccc(C)c2s1. The van der Waals surface area contributed by atoms with E-state index >= 15 is 0 Å². The first kappa shape index (κ1) is 23.0. The molecule has 4 rings (SSSR count). The van der Waals surface area contributed by atoms with Crippen LogP contribution in [0.25, 0.3) is 10.2 Å². The average molecular weight is 472 g/mol. The Balaban J connectivity index is 1.71. The number of hydrogen-bond donors (Lipinski definition) is 0. The largest absolute Gasteiger partial charge is 0.494 e. The van der Waals surface area contributed by atoms with Gasteiger partial charge < -0.3 is 9.47 Å². The summed E-state index contributed by atoms with van der Waals surface area (Å²) in [6, 6.07) is 11.8. The number of aromatic nitrogens is 1. The van der Waals surface area contributed by atoms with E-state index < -0.39 is 0 Å². The number of anilines is 1. The van der Waals surface area contributed by atoms with Gasteiger partial charge in [0.15, 0.2) is 5.13 Å². The summed E-state index contributed by atoms with van der Waals surface area (Å²) in [5, 5.41) is 0.710. The molecule has 0 radical (unpaired) electrons. The number of nitrogens with zero attached hydrogens (tertiary/aromatic N) is 3. The molecule has 1 amide bonds. The number of ether oxygens (including phenoxy) is 2. The Labute approximate surface area is 197 Å². The highest BCUT2D eigenvalue weighted by atomic mass is 32.2. The normalized spacial score (nSPS) is 14.6. The molecule has 1 aromatic heterocycles. The van der Waals surface area contributed by atoms with Crippen molar-refractivity contribution in [2.24, 2.45) is 0 Å². The first-order valence-corrected chi connectivity index (χ1v) is 12.7. The second-order valence-corrected chi connectivity index (χ2v) is 9.88. The standard InChI is InChI=1S/C24H29N3O3S2/c1-4-31-20-8-6-5-7-18(20)23(28)27(12-11-26-13-15-30-16-14-26)24-25-21-19(29-3)10-9-17(2)22(21)32-24/h5-10H,4,11-16H2,1-3H3. The van der Waals surface area contributed by atoms with E-state index in [-0.39, 0.29) is 5.91 Å². The number of aryl methyl sites for hydroxylation is 1. The molecule has 170 valence electrons. The summed E-state index contributed by atoms with van der Waals surface area (Å²) < 4.78 is 12.1. The number of morpholine rings is 1. The number of rotatable bonds is 8. The van der Waals surface area contributed by atoms with Gasteiger partial charge in [-0.2, -0.15) is 0 Å². The predicted molar refractivity (Wildman–Crippen MR) is 133 cm³/mol. The van der Waals surface area contributed by atoms with Crippen molar-refractivity contribution in [3.8, 4) is 5.75 Å². The number of thiazole rings is 1. The third-order valence-electron chi connectivity index (χ3n) is 5.55. The number of fused-ring (bicyclic) bond motifs is 1. The van der Waals surface area contributed by atoms with Crippen molar-refractivity contribution < 1.29 is 14.3 Å². The molecule has 32 heavy (non-hydrogen) atoms.